The van der Waals surface area contributed by atoms with Crippen LogP contribution in [0.25, 0.3) is 0 Å². The van der Waals surface area contributed by atoms with Crippen molar-refractivity contribution in [2.45, 2.75) is 91.6 Å². The van der Waals surface area contributed by atoms with Crippen molar-refractivity contribution in [1.82, 2.24) is 5.32 Å². The number of amidine groups is 1. The Balaban J connectivity index is 4.78. The van der Waals surface area contributed by atoms with Crippen LogP contribution in [0, 0.1) is 0 Å². The number of amides is 1. The van der Waals surface area contributed by atoms with E-state index < -0.39 is 29.3 Å². The molecule has 0 aromatic heterocycles. The van der Waals surface area contributed by atoms with Gasteiger partial charge < -0.3 is 25.3 Å². The minimum absolute atomic E-state index is 0.0536. The molecule has 1 atom stereocenters. The normalized spacial score (nSPS) is 14.0. The lowest BCUT2D eigenvalue weighted by Crippen LogP contribution is -2.46. The predicted molar refractivity (Wildman–Crippen MR) is 101 cm³/mol. The van der Waals surface area contributed by atoms with Gasteiger partial charge in [0.2, 0.25) is 0 Å². The van der Waals surface area contributed by atoms with Gasteiger partial charge in [0.25, 0.3) is 6.02 Å². The number of esters is 1. The van der Waals surface area contributed by atoms with E-state index in [1.54, 1.807) is 41.5 Å². The van der Waals surface area contributed by atoms with E-state index in [4.69, 9.17) is 19.9 Å². The van der Waals surface area contributed by atoms with E-state index in [1.165, 1.54) is 0 Å². The van der Waals surface area contributed by atoms with Gasteiger partial charge in [-0.25, -0.2) is 14.6 Å². The van der Waals surface area contributed by atoms with E-state index in [-0.39, 0.29) is 12.1 Å². The molecule has 0 rings (SSSR count). The maximum absolute atomic E-state index is 12.4. The highest BCUT2D eigenvalue weighted by Crippen LogP contribution is 2.12. The van der Waals surface area contributed by atoms with Gasteiger partial charge in [-0.15, -0.1) is 0 Å². The van der Waals surface area contributed by atoms with Gasteiger partial charge in [-0.1, -0.05) is 0 Å². The van der Waals surface area contributed by atoms with Crippen LogP contribution in [0.5, 0.6) is 0 Å². The Kier molecular flexibility index (Phi) is 9.45. The number of carbonyl (C=O) groups excluding carboxylic acids is 2. The second-order valence-corrected chi connectivity index (χ2v) is 8.26. The lowest BCUT2D eigenvalue weighted by Gasteiger charge is -2.26. The first-order chi connectivity index (χ1) is 11.7. The number of nitrogens with two attached hydrogens (primary N) is 1. The van der Waals surface area contributed by atoms with Crippen LogP contribution in [0.4, 0.5) is 4.79 Å². The van der Waals surface area contributed by atoms with Crippen LogP contribution in [-0.2, 0) is 19.0 Å². The van der Waals surface area contributed by atoms with Crippen molar-refractivity contribution >= 4 is 18.1 Å². The predicted octanol–water partition coefficient (Wildman–Crippen LogP) is 2.74. The molecule has 0 saturated carbocycles. The molecule has 26 heavy (non-hydrogen) atoms. The molecule has 0 radical (unpaired) electrons. The summed E-state index contributed by atoms with van der Waals surface area (Å²) in [5.41, 5.74) is 4.32. The monoisotopic (exact) mass is 373 g/mol. The SMILES string of the molecule is CC(C)OC(N)=NCCC[C@H](NC(=O)OC(C)(C)C)C(=O)OC(C)(C)C. The molecule has 8 nitrogen and oxygen atoms in total. The van der Waals surface area contributed by atoms with Gasteiger partial charge >= 0.3 is 12.1 Å². The second-order valence-electron chi connectivity index (χ2n) is 8.26. The van der Waals surface area contributed by atoms with Gasteiger partial charge in [0, 0.05) is 6.54 Å². The first-order valence-electron chi connectivity index (χ1n) is 8.88. The zero-order valence-corrected chi connectivity index (χ0v) is 17.3. The molecule has 8 heteroatoms. The topological polar surface area (TPSA) is 112 Å². The fourth-order valence-corrected chi connectivity index (χ4v) is 1.84. The molecular formula is C18H35N3O5. The Hall–Kier alpha value is -1.99. The van der Waals surface area contributed by atoms with Gasteiger partial charge in [-0.3, -0.25) is 0 Å². The highest BCUT2D eigenvalue weighted by atomic mass is 16.6. The summed E-state index contributed by atoms with van der Waals surface area (Å²) in [6.07, 6.45) is 0.135. The van der Waals surface area contributed by atoms with E-state index >= 15 is 0 Å². The third kappa shape index (κ3) is 13.3. The maximum Gasteiger partial charge on any atom is 0.408 e. The van der Waals surface area contributed by atoms with Crippen molar-refractivity contribution in [1.29, 1.82) is 0 Å². The van der Waals surface area contributed by atoms with Gasteiger partial charge in [0.1, 0.15) is 17.2 Å². The summed E-state index contributed by atoms with van der Waals surface area (Å²) in [5, 5.41) is 2.57. The number of nitrogens with zero attached hydrogens (tertiary/aromatic N) is 1. The molecular weight excluding hydrogens is 338 g/mol. The van der Waals surface area contributed by atoms with Crippen LogP contribution < -0.4 is 11.1 Å². The molecule has 152 valence electrons. The average molecular weight is 373 g/mol. The zero-order chi connectivity index (χ0) is 20.5. The van der Waals surface area contributed by atoms with Crippen molar-refractivity contribution in [3.05, 3.63) is 0 Å². The summed E-state index contributed by atoms with van der Waals surface area (Å²) >= 11 is 0. The lowest BCUT2D eigenvalue weighted by atomic mass is 10.1. The van der Waals surface area contributed by atoms with E-state index in [1.807, 2.05) is 13.8 Å². The van der Waals surface area contributed by atoms with Crippen LogP contribution in [0.15, 0.2) is 4.99 Å². The summed E-state index contributed by atoms with van der Waals surface area (Å²) in [6, 6.07) is -0.722. The second kappa shape index (κ2) is 10.2. The third-order valence-electron chi connectivity index (χ3n) is 2.66. The van der Waals surface area contributed by atoms with Crippen LogP contribution in [0.3, 0.4) is 0 Å². The lowest BCUT2D eigenvalue weighted by molar-refractivity contribution is -0.157. The standard InChI is InChI=1S/C18H35N3O5/c1-12(2)24-15(19)20-11-9-10-13(14(22)25-17(3,4)5)21-16(23)26-18(6,7)8/h12-13H,9-11H2,1-8H3,(H2,19,20)(H,21,23)/t13-/m0/s1. The molecule has 0 fully saturated rings. The Morgan fingerprint density at radius 3 is 2.04 bits per heavy atom. The van der Waals surface area contributed by atoms with Crippen molar-refractivity contribution in [3.63, 3.8) is 0 Å². The number of rotatable bonds is 7. The molecule has 0 saturated heterocycles. The quantitative estimate of drug-likeness (QED) is 0.307. The third-order valence-corrected chi connectivity index (χ3v) is 2.66. The molecule has 0 aromatic carbocycles. The number of aliphatic imine (C=N–C) groups is 1. The minimum Gasteiger partial charge on any atom is -0.463 e. The summed E-state index contributed by atoms with van der Waals surface area (Å²) in [7, 11) is 0. The number of ether oxygens (including phenoxy) is 3. The fraction of sp³-hybridized carbons (Fsp3) is 0.833. The molecule has 0 unspecified atom stereocenters. The van der Waals surface area contributed by atoms with Crippen LogP contribution >= 0.6 is 0 Å². The van der Waals surface area contributed by atoms with Crippen molar-refractivity contribution in [2.75, 3.05) is 6.54 Å². The summed E-state index contributed by atoms with van der Waals surface area (Å²) < 4.78 is 15.8. The molecule has 0 heterocycles. The Morgan fingerprint density at radius 2 is 1.58 bits per heavy atom. The molecule has 0 spiro atoms. The summed E-state index contributed by atoms with van der Waals surface area (Å²) in [4.78, 5) is 28.4. The first-order valence-corrected chi connectivity index (χ1v) is 8.88. The smallest absolute Gasteiger partial charge is 0.408 e. The zero-order valence-electron chi connectivity index (χ0n) is 17.3. The van der Waals surface area contributed by atoms with Gasteiger partial charge in [-0.05, 0) is 68.2 Å². The van der Waals surface area contributed by atoms with E-state index in [0.29, 0.717) is 19.4 Å². The Labute approximate surface area is 156 Å². The molecule has 0 aliphatic rings. The highest BCUT2D eigenvalue weighted by molar-refractivity contribution is 5.81. The van der Waals surface area contributed by atoms with E-state index in [9.17, 15) is 9.59 Å². The van der Waals surface area contributed by atoms with Crippen molar-refractivity contribution in [3.8, 4) is 0 Å². The molecule has 0 bridgehead atoms. The fourth-order valence-electron chi connectivity index (χ4n) is 1.84. The number of carbonyl (C=O) groups is 2. The summed E-state index contributed by atoms with van der Waals surface area (Å²) in [5.74, 6) is -0.515. The van der Waals surface area contributed by atoms with Gasteiger partial charge in [0.05, 0.1) is 6.10 Å². The number of nitrogens with one attached hydrogen (secondary N) is 1. The molecule has 0 aromatic rings. The highest BCUT2D eigenvalue weighted by Gasteiger charge is 2.28. The molecule has 3 N–H and O–H groups in total. The minimum atomic E-state index is -0.827. The van der Waals surface area contributed by atoms with Gasteiger partial charge in [0.15, 0.2) is 0 Å². The molecule has 0 aliphatic carbocycles. The number of hydrogen-bond donors (Lipinski definition) is 2. The van der Waals surface area contributed by atoms with Crippen LogP contribution in [0.1, 0.15) is 68.2 Å². The Bertz CT molecular complexity index is 490. The summed E-state index contributed by atoms with van der Waals surface area (Å²) in [6.45, 7) is 14.6. The molecule has 1 amide bonds. The average Bonchev–Trinajstić information content (AvgIpc) is 2.37. The Morgan fingerprint density at radius 1 is 1.04 bits per heavy atom. The van der Waals surface area contributed by atoms with Crippen molar-refractivity contribution < 1.29 is 23.8 Å². The van der Waals surface area contributed by atoms with Crippen molar-refractivity contribution in [2.24, 2.45) is 10.7 Å². The number of hydrogen-bond acceptors (Lipinski definition) is 6. The largest absolute Gasteiger partial charge is 0.463 e. The van der Waals surface area contributed by atoms with Crippen LogP contribution in [0.2, 0.25) is 0 Å². The number of alkyl carbamates (subject to hydrolysis) is 1. The molecule has 0 aliphatic heterocycles. The van der Waals surface area contributed by atoms with Gasteiger partial charge in [-0.2, -0.15) is 0 Å². The van der Waals surface area contributed by atoms with Crippen LogP contribution in [-0.4, -0.2) is 48.0 Å². The van der Waals surface area contributed by atoms with E-state index in [0.717, 1.165) is 0 Å². The first kappa shape index (κ1) is 24.0. The maximum atomic E-state index is 12.4. The van der Waals surface area contributed by atoms with E-state index in [2.05, 4.69) is 10.3 Å².